The summed E-state index contributed by atoms with van der Waals surface area (Å²) < 4.78 is 1.16. The number of anilines is 1. The lowest BCUT2D eigenvalue weighted by molar-refractivity contribution is 0.539. The minimum atomic E-state index is 0.534. The van der Waals surface area contributed by atoms with E-state index >= 15 is 0 Å². The number of benzene rings is 1. The number of nitrogens with one attached hydrogen (secondary N) is 1. The van der Waals surface area contributed by atoms with Gasteiger partial charge in [0, 0.05) is 16.2 Å². The Kier molecular flexibility index (Phi) is 5.33. The summed E-state index contributed by atoms with van der Waals surface area (Å²) >= 11 is 3.52. The van der Waals surface area contributed by atoms with Crippen LogP contribution in [0, 0.1) is 5.92 Å². The molecule has 1 N–H and O–H groups in total. The Balaban J connectivity index is 2.72. The first-order chi connectivity index (χ1) is 7.52. The molecular weight excluding hydrogens is 262 g/mol. The summed E-state index contributed by atoms with van der Waals surface area (Å²) in [5.74, 6) is 0.739. The average Bonchev–Trinajstić information content (AvgIpc) is 2.19. The van der Waals surface area contributed by atoms with Crippen molar-refractivity contribution in [2.24, 2.45) is 5.92 Å². The van der Waals surface area contributed by atoms with Crippen molar-refractivity contribution >= 4 is 21.6 Å². The molecule has 2 heteroatoms. The molecule has 1 rings (SSSR count). The first-order valence-corrected chi connectivity index (χ1v) is 6.87. The largest absolute Gasteiger partial charge is 0.382 e. The smallest absolute Gasteiger partial charge is 0.0375 e. The second-order valence-electron chi connectivity index (χ2n) is 4.83. The number of hydrogen-bond donors (Lipinski definition) is 1. The molecule has 0 saturated heterocycles. The summed E-state index contributed by atoms with van der Waals surface area (Å²) in [6, 6.07) is 7.00. The van der Waals surface area contributed by atoms with Crippen LogP contribution in [0.2, 0.25) is 0 Å². The fourth-order valence-corrected chi connectivity index (χ4v) is 2.44. The predicted octanol–water partition coefficient (Wildman–Crippen LogP) is 4.86. The van der Waals surface area contributed by atoms with E-state index in [1.165, 1.54) is 17.7 Å². The van der Waals surface area contributed by atoms with Gasteiger partial charge in [-0.25, -0.2) is 0 Å². The molecule has 1 atom stereocenters. The summed E-state index contributed by atoms with van der Waals surface area (Å²) in [4.78, 5) is 0. The Morgan fingerprint density at radius 3 is 2.50 bits per heavy atom. The molecule has 0 amide bonds. The first kappa shape index (κ1) is 13.6. The van der Waals surface area contributed by atoms with Crippen molar-refractivity contribution in [2.45, 2.75) is 46.6 Å². The molecule has 90 valence electrons. The van der Waals surface area contributed by atoms with Crippen LogP contribution in [0.5, 0.6) is 0 Å². The topological polar surface area (TPSA) is 12.0 Å². The van der Waals surface area contributed by atoms with Crippen molar-refractivity contribution in [3.8, 4) is 0 Å². The second-order valence-corrected chi connectivity index (χ2v) is 5.75. The van der Waals surface area contributed by atoms with Gasteiger partial charge in [-0.05, 0) is 49.4 Å². The van der Waals surface area contributed by atoms with Gasteiger partial charge in [-0.15, -0.1) is 0 Å². The summed E-state index contributed by atoms with van der Waals surface area (Å²) in [5, 5.41) is 3.60. The van der Waals surface area contributed by atoms with Crippen molar-refractivity contribution in [3.63, 3.8) is 0 Å². The van der Waals surface area contributed by atoms with Crippen LogP contribution in [-0.4, -0.2) is 6.04 Å². The monoisotopic (exact) mass is 283 g/mol. The highest BCUT2D eigenvalue weighted by molar-refractivity contribution is 9.10. The number of hydrogen-bond acceptors (Lipinski definition) is 1. The molecule has 0 spiro atoms. The van der Waals surface area contributed by atoms with Gasteiger partial charge in [-0.1, -0.05) is 36.7 Å². The van der Waals surface area contributed by atoms with Crippen LogP contribution < -0.4 is 5.32 Å². The van der Waals surface area contributed by atoms with E-state index in [1.54, 1.807) is 0 Å². The van der Waals surface area contributed by atoms with Crippen LogP contribution in [0.4, 0.5) is 5.69 Å². The Labute approximate surface area is 108 Å². The van der Waals surface area contributed by atoms with Gasteiger partial charge in [0.05, 0.1) is 0 Å². The van der Waals surface area contributed by atoms with E-state index in [0.29, 0.717) is 6.04 Å². The summed E-state index contributed by atoms with van der Waals surface area (Å²) in [5.41, 5.74) is 2.66. The molecule has 0 aliphatic rings. The molecule has 1 nitrogen and oxygen atoms in total. The maximum atomic E-state index is 3.60. The Morgan fingerprint density at radius 1 is 1.25 bits per heavy atom. The van der Waals surface area contributed by atoms with Crippen molar-refractivity contribution in [1.82, 2.24) is 0 Å². The van der Waals surface area contributed by atoms with Gasteiger partial charge in [0.15, 0.2) is 0 Å². The van der Waals surface area contributed by atoms with Gasteiger partial charge in [-0.3, -0.25) is 0 Å². The third kappa shape index (κ3) is 4.17. The standard InChI is InChI=1S/C14H22BrN/c1-5-12-9-13(15)6-7-14(12)16-11(4)8-10(2)3/h6-7,9-11,16H,5,8H2,1-4H3. The van der Waals surface area contributed by atoms with Crippen LogP contribution in [0.25, 0.3) is 0 Å². The van der Waals surface area contributed by atoms with E-state index in [4.69, 9.17) is 0 Å². The Morgan fingerprint density at radius 2 is 1.94 bits per heavy atom. The van der Waals surface area contributed by atoms with Gasteiger partial charge >= 0.3 is 0 Å². The third-order valence-electron chi connectivity index (χ3n) is 2.68. The van der Waals surface area contributed by atoms with E-state index in [2.05, 4.69) is 67.1 Å². The van der Waals surface area contributed by atoms with E-state index in [9.17, 15) is 0 Å². The fourth-order valence-electron chi connectivity index (χ4n) is 2.03. The maximum Gasteiger partial charge on any atom is 0.0375 e. The lowest BCUT2D eigenvalue weighted by Gasteiger charge is -2.19. The molecule has 0 saturated carbocycles. The van der Waals surface area contributed by atoms with Crippen LogP contribution in [-0.2, 0) is 6.42 Å². The van der Waals surface area contributed by atoms with E-state index in [0.717, 1.165) is 16.8 Å². The zero-order valence-electron chi connectivity index (χ0n) is 10.7. The minimum absolute atomic E-state index is 0.534. The fraction of sp³-hybridized carbons (Fsp3) is 0.571. The van der Waals surface area contributed by atoms with Crippen molar-refractivity contribution in [1.29, 1.82) is 0 Å². The van der Waals surface area contributed by atoms with Gasteiger partial charge in [-0.2, -0.15) is 0 Å². The summed E-state index contributed by atoms with van der Waals surface area (Å²) in [7, 11) is 0. The Hall–Kier alpha value is -0.500. The molecule has 1 aromatic rings. The van der Waals surface area contributed by atoms with Gasteiger partial charge < -0.3 is 5.32 Å². The highest BCUT2D eigenvalue weighted by Gasteiger charge is 2.07. The minimum Gasteiger partial charge on any atom is -0.382 e. The zero-order chi connectivity index (χ0) is 12.1. The first-order valence-electron chi connectivity index (χ1n) is 6.07. The van der Waals surface area contributed by atoms with E-state index < -0.39 is 0 Å². The highest BCUT2D eigenvalue weighted by Crippen LogP contribution is 2.23. The molecule has 0 aromatic heterocycles. The molecule has 1 unspecified atom stereocenters. The van der Waals surface area contributed by atoms with Crippen LogP contribution >= 0.6 is 15.9 Å². The molecule has 0 radical (unpaired) electrons. The zero-order valence-corrected chi connectivity index (χ0v) is 12.3. The Bertz CT molecular complexity index is 334. The third-order valence-corrected chi connectivity index (χ3v) is 3.17. The number of aryl methyl sites for hydroxylation is 1. The van der Waals surface area contributed by atoms with E-state index in [1.807, 2.05) is 0 Å². The van der Waals surface area contributed by atoms with Crippen molar-refractivity contribution in [3.05, 3.63) is 28.2 Å². The van der Waals surface area contributed by atoms with Crippen molar-refractivity contribution < 1.29 is 0 Å². The van der Waals surface area contributed by atoms with Crippen molar-refractivity contribution in [2.75, 3.05) is 5.32 Å². The lowest BCUT2D eigenvalue weighted by Crippen LogP contribution is -2.18. The molecule has 0 aliphatic heterocycles. The second kappa shape index (κ2) is 6.29. The highest BCUT2D eigenvalue weighted by atomic mass is 79.9. The predicted molar refractivity (Wildman–Crippen MR) is 76.1 cm³/mol. The summed E-state index contributed by atoms with van der Waals surface area (Å²) in [6.07, 6.45) is 2.27. The average molecular weight is 284 g/mol. The maximum absolute atomic E-state index is 3.60. The number of rotatable bonds is 5. The lowest BCUT2D eigenvalue weighted by atomic mass is 10.0. The van der Waals surface area contributed by atoms with Crippen LogP contribution in [0.1, 0.15) is 39.7 Å². The van der Waals surface area contributed by atoms with Gasteiger partial charge in [0.1, 0.15) is 0 Å². The normalized spacial score (nSPS) is 12.9. The molecular formula is C14H22BrN. The van der Waals surface area contributed by atoms with Crippen LogP contribution in [0.3, 0.4) is 0 Å². The van der Waals surface area contributed by atoms with Gasteiger partial charge in [0.25, 0.3) is 0 Å². The SMILES string of the molecule is CCc1cc(Br)ccc1NC(C)CC(C)C. The quantitative estimate of drug-likeness (QED) is 0.814. The van der Waals surface area contributed by atoms with E-state index in [-0.39, 0.29) is 0 Å². The van der Waals surface area contributed by atoms with Gasteiger partial charge in [0.2, 0.25) is 0 Å². The van der Waals surface area contributed by atoms with Crippen LogP contribution in [0.15, 0.2) is 22.7 Å². The molecule has 0 heterocycles. The number of halogens is 1. The molecule has 1 aromatic carbocycles. The molecule has 16 heavy (non-hydrogen) atoms. The molecule has 0 fully saturated rings. The molecule has 0 aliphatic carbocycles. The summed E-state index contributed by atoms with van der Waals surface area (Å²) in [6.45, 7) is 8.97. The molecule has 0 bridgehead atoms.